The number of unbranched alkanes of at least 4 members (excludes halogenated alkanes) is 10. The molecule has 0 radical (unpaired) electrons. The third-order valence-electron chi connectivity index (χ3n) is 8.60. The number of carbonyl (C=O) groups is 1. The van der Waals surface area contributed by atoms with Crippen LogP contribution in [0.1, 0.15) is 113 Å². The molecule has 2 aromatic carbocycles. The number of nitrogens with zero attached hydrogens (tertiary/aromatic N) is 1. The monoisotopic (exact) mass is 566 g/mol. The predicted octanol–water partition coefficient (Wildman–Crippen LogP) is 9.92. The Balaban J connectivity index is 1.15. The number of allylic oxidation sites excluding steroid dienone is 2. The van der Waals surface area contributed by atoms with Crippen LogP contribution in [0.25, 0.3) is 0 Å². The molecule has 5 heteroatoms. The van der Waals surface area contributed by atoms with E-state index in [1.807, 2.05) is 30.3 Å². The first kappa shape index (κ1) is 30.7. The van der Waals surface area contributed by atoms with Crippen LogP contribution in [0.4, 0.5) is 0 Å². The van der Waals surface area contributed by atoms with Crippen LogP contribution < -0.4 is 4.74 Å². The number of benzene rings is 2. The van der Waals surface area contributed by atoms with Crippen LogP contribution in [0.5, 0.6) is 11.5 Å². The van der Waals surface area contributed by atoms with Crippen molar-refractivity contribution in [3.05, 3.63) is 70.8 Å². The van der Waals surface area contributed by atoms with Gasteiger partial charge in [0.2, 0.25) is 6.73 Å². The summed E-state index contributed by atoms with van der Waals surface area (Å²) in [6, 6.07) is 14.2. The lowest BCUT2D eigenvalue weighted by Crippen LogP contribution is -2.44. The first-order valence-electron chi connectivity index (χ1n) is 15.7. The Morgan fingerprint density at radius 1 is 0.875 bits per heavy atom. The molecule has 1 fully saturated rings. The Morgan fingerprint density at radius 3 is 2.25 bits per heavy atom. The summed E-state index contributed by atoms with van der Waals surface area (Å²) >= 11 is 6.40. The molecule has 3 unspecified atom stereocenters. The number of carbonyl (C=O) groups excluding carboxylic acids is 1. The van der Waals surface area contributed by atoms with Crippen LogP contribution in [0.15, 0.2) is 54.6 Å². The summed E-state index contributed by atoms with van der Waals surface area (Å²) < 4.78 is 12.9. The molecule has 0 amide bonds. The average Bonchev–Trinajstić information content (AvgIpc) is 3.25. The van der Waals surface area contributed by atoms with E-state index in [2.05, 4.69) is 38.3 Å². The van der Waals surface area contributed by atoms with E-state index in [0.717, 1.165) is 48.0 Å². The highest BCUT2D eigenvalue weighted by molar-refractivity contribution is 6.30. The summed E-state index contributed by atoms with van der Waals surface area (Å²) in [6.07, 6.45) is 20.1. The van der Waals surface area contributed by atoms with Gasteiger partial charge in [0.05, 0.1) is 20.1 Å². The quantitative estimate of drug-likeness (QED) is 0.0877. The molecule has 0 bridgehead atoms. The molecule has 3 atom stereocenters. The van der Waals surface area contributed by atoms with E-state index in [-0.39, 0.29) is 11.9 Å². The lowest BCUT2D eigenvalue weighted by Gasteiger charge is -2.29. The van der Waals surface area contributed by atoms with Crippen molar-refractivity contribution in [1.82, 2.24) is 0 Å². The highest BCUT2D eigenvalue weighted by atomic mass is 35.5. The molecule has 4 rings (SSSR count). The maximum atomic E-state index is 12.6. The van der Waals surface area contributed by atoms with Gasteiger partial charge in [-0.25, -0.2) is 0 Å². The molecule has 0 saturated carbocycles. The van der Waals surface area contributed by atoms with E-state index < -0.39 is 0 Å². The van der Waals surface area contributed by atoms with Crippen LogP contribution in [-0.2, 0) is 9.53 Å². The highest BCUT2D eigenvalue weighted by Crippen LogP contribution is 2.51. The molecule has 1 saturated heterocycles. The number of para-hydroxylation sites is 1. The predicted molar refractivity (Wildman–Crippen MR) is 165 cm³/mol. The second kappa shape index (κ2) is 15.6. The maximum Gasteiger partial charge on any atom is 0.310 e. The van der Waals surface area contributed by atoms with Gasteiger partial charge in [-0.15, -0.1) is 0 Å². The molecule has 2 aliphatic heterocycles. The summed E-state index contributed by atoms with van der Waals surface area (Å²) in [5.74, 6) is 2.28. The van der Waals surface area contributed by atoms with E-state index in [1.54, 1.807) is 0 Å². The number of likely N-dealkylation sites (tertiary alicyclic amines) is 1. The van der Waals surface area contributed by atoms with E-state index >= 15 is 0 Å². The lowest BCUT2D eigenvalue weighted by atomic mass is 9.84. The molecule has 0 aromatic heterocycles. The third-order valence-corrected chi connectivity index (χ3v) is 8.84. The van der Waals surface area contributed by atoms with E-state index in [0.29, 0.717) is 23.6 Å². The summed E-state index contributed by atoms with van der Waals surface area (Å²) in [6.45, 7) is 4.46. The number of halogens is 1. The molecule has 2 aromatic rings. The molecular weight excluding hydrogens is 518 g/mol. The fourth-order valence-corrected chi connectivity index (χ4v) is 6.56. The Kier molecular flexibility index (Phi) is 12.0. The third kappa shape index (κ3) is 8.85. The molecule has 218 valence electrons. The number of likely N-dealkylation sites (N-methyl/N-ethyl adjacent to an activating group) is 1. The number of ether oxygens (including phenoxy) is 2. The van der Waals surface area contributed by atoms with Crippen LogP contribution in [0.2, 0.25) is 5.02 Å². The van der Waals surface area contributed by atoms with Crippen molar-refractivity contribution in [3.63, 3.8) is 0 Å². The Bertz CT molecular complexity index is 1120. The van der Waals surface area contributed by atoms with Gasteiger partial charge >= 0.3 is 5.97 Å². The van der Waals surface area contributed by atoms with Crippen molar-refractivity contribution in [3.8, 4) is 11.5 Å². The highest BCUT2D eigenvalue weighted by Gasteiger charge is 2.48. The second-order valence-electron chi connectivity index (χ2n) is 12.1. The number of quaternary nitrogens is 1. The van der Waals surface area contributed by atoms with Crippen LogP contribution in [-0.4, -0.2) is 37.3 Å². The van der Waals surface area contributed by atoms with Crippen LogP contribution >= 0.6 is 11.6 Å². The van der Waals surface area contributed by atoms with Gasteiger partial charge in [0.15, 0.2) is 0 Å². The zero-order valence-electron chi connectivity index (χ0n) is 24.7. The van der Waals surface area contributed by atoms with Gasteiger partial charge in [0.1, 0.15) is 11.5 Å². The molecule has 2 heterocycles. The van der Waals surface area contributed by atoms with Gasteiger partial charge in [-0.05, 0) is 56.4 Å². The topological polar surface area (TPSA) is 35.5 Å². The van der Waals surface area contributed by atoms with Gasteiger partial charge in [0.25, 0.3) is 0 Å². The first-order chi connectivity index (χ1) is 19.5. The van der Waals surface area contributed by atoms with Gasteiger partial charge < -0.3 is 9.47 Å². The molecule has 2 aliphatic rings. The molecule has 4 nitrogen and oxygen atoms in total. The smallest absolute Gasteiger partial charge is 0.310 e. The SMILES string of the molecule is CCCCCCC/C=C\CCCCCCCC(=O)OC[N+]1(C)CC2c3ccccc3Oc3ccc(Cl)cc3C2C1. The van der Waals surface area contributed by atoms with Crippen molar-refractivity contribution in [2.45, 2.75) is 102 Å². The van der Waals surface area contributed by atoms with Gasteiger partial charge in [-0.3, -0.25) is 9.28 Å². The number of hydrogen-bond donors (Lipinski definition) is 0. The summed E-state index contributed by atoms with van der Waals surface area (Å²) in [5.41, 5.74) is 2.38. The second-order valence-corrected chi connectivity index (χ2v) is 12.6. The van der Waals surface area contributed by atoms with E-state index in [4.69, 9.17) is 21.1 Å². The summed E-state index contributed by atoms with van der Waals surface area (Å²) in [5, 5.41) is 0.726. The number of hydrogen-bond acceptors (Lipinski definition) is 3. The lowest BCUT2D eigenvalue weighted by molar-refractivity contribution is -0.915. The van der Waals surface area contributed by atoms with Crippen molar-refractivity contribution in [1.29, 1.82) is 0 Å². The largest absolute Gasteiger partial charge is 0.457 e. The molecule has 0 spiro atoms. The maximum absolute atomic E-state index is 12.6. The summed E-state index contributed by atoms with van der Waals surface area (Å²) in [7, 11) is 2.20. The number of rotatable bonds is 16. The van der Waals surface area contributed by atoms with Gasteiger partial charge in [0, 0.05) is 34.4 Å². The van der Waals surface area contributed by atoms with Crippen molar-refractivity contribution < 1.29 is 18.8 Å². The van der Waals surface area contributed by atoms with E-state index in [1.165, 1.54) is 69.8 Å². The normalized spacial score (nSPS) is 21.4. The Labute approximate surface area is 247 Å². The fraction of sp³-hybridized carbons (Fsp3) is 0.571. The Morgan fingerprint density at radius 2 is 1.50 bits per heavy atom. The number of fused-ring (bicyclic) bond motifs is 5. The fourth-order valence-electron chi connectivity index (χ4n) is 6.38. The standard InChI is InChI=1S/C35H49ClNO3/c1-3-4-5-6-7-8-9-10-11-12-13-14-15-16-21-35(38)39-27-37(2)25-31-29-19-17-18-20-33(29)40-34-23-22-28(36)24-30(34)32(31)26-37/h9-10,17-20,22-24,31-32H,3-8,11-16,21,25-27H2,1-2H3/q+1/b10-9-. The molecule has 40 heavy (non-hydrogen) atoms. The van der Waals surface area contributed by atoms with E-state index in [9.17, 15) is 4.79 Å². The van der Waals surface area contributed by atoms with Gasteiger partial charge in [-0.2, -0.15) is 0 Å². The zero-order chi connectivity index (χ0) is 28.2. The van der Waals surface area contributed by atoms with Crippen molar-refractivity contribution in [2.75, 3.05) is 26.9 Å². The minimum atomic E-state index is -0.0690. The molecular formula is C35H49ClNO3+. The molecule has 0 aliphatic carbocycles. The van der Waals surface area contributed by atoms with Crippen LogP contribution in [0.3, 0.4) is 0 Å². The van der Waals surface area contributed by atoms with Crippen LogP contribution in [0, 0.1) is 0 Å². The minimum Gasteiger partial charge on any atom is -0.457 e. The van der Waals surface area contributed by atoms with Gasteiger partial charge in [-0.1, -0.05) is 93.8 Å². The van der Waals surface area contributed by atoms with Crippen molar-refractivity contribution >= 4 is 17.6 Å². The number of esters is 1. The zero-order valence-corrected chi connectivity index (χ0v) is 25.5. The minimum absolute atomic E-state index is 0.0690. The summed E-state index contributed by atoms with van der Waals surface area (Å²) in [4.78, 5) is 12.6. The molecule has 0 N–H and O–H groups in total. The Hall–Kier alpha value is -2.30. The van der Waals surface area contributed by atoms with Crippen molar-refractivity contribution in [2.24, 2.45) is 0 Å². The first-order valence-corrected chi connectivity index (χ1v) is 16.1. The average molecular weight is 567 g/mol.